The van der Waals surface area contributed by atoms with Gasteiger partial charge in [-0.05, 0) is 0 Å². The summed E-state index contributed by atoms with van der Waals surface area (Å²) in [6.07, 6.45) is 2.10. The average molecular weight is 134 g/mol. The summed E-state index contributed by atoms with van der Waals surface area (Å²) in [4.78, 5) is 4.73. The zero-order valence-electron chi connectivity index (χ0n) is 4.66. The highest BCUT2D eigenvalue weighted by Gasteiger charge is 1.95. The van der Waals surface area contributed by atoms with Gasteiger partial charge in [-0.3, -0.25) is 0 Å². The maximum atomic E-state index is 8.30. The molecule has 0 aliphatic heterocycles. The summed E-state index contributed by atoms with van der Waals surface area (Å²) in [5.41, 5.74) is 0. The highest BCUT2D eigenvalue weighted by atomic mass is 32.1. The number of hydrogen-bond acceptors (Lipinski definition) is 3. The predicted molar refractivity (Wildman–Crippen MR) is 36.3 cm³/mol. The van der Waals surface area contributed by atoms with Crippen molar-refractivity contribution in [1.82, 2.24) is 4.98 Å². The molecule has 0 bridgehead atoms. The second-order valence-electron chi connectivity index (χ2n) is 1.45. The van der Waals surface area contributed by atoms with Crippen molar-refractivity contribution >= 4 is 19.2 Å². The monoisotopic (exact) mass is 134 g/mol. The molecule has 0 atom stereocenters. The van der Waals surface area contributed by atoms with Gasteiger partial charge in [-0.25, -0.2) is 4.98 Å². The van der Waals surface area contributed by atoms with Crippen molar-refractivity contribution in [3.8, 4) is 6.07 Å². The number of aromatic nitrogens is 1. The minimum absolute atomic E-state index is 0.472. The Hall–Kier alpha value is -0.815. The molecule has 0 fully saturated rings. The Morgan fingerprint density at radius 2 is 2.67 bits per heavy atom. The quantitative estimate of drug-likeness (QED) is 0.529. The topological polar surface area (TPSA) is 36.7 Å². The largest absolute Gasteiger partial charge is 0.234 e. The minimum atomic E-state index is 0.472. The minimum Gasteiger partial charge on any atom is -0.234 e. The van der Waals surface area contributed by atoms with Crippen molar-refractivity contribution in [2.24, 2.45) is 0 Å². The number of thiazole rings is 1. The molecule has 2 radical (unpaired) electrons. The molecule has 1 aromatic rings. The fourth-order valence-electron chi connectivity index (χ4n) is 0.454. The molecule has 0 spiro atoms. The van der Waals surface area contributed by atoms with Gasteiger partial charge >= 0.3 is 0 Å². The Balaban J connectivity index is 2.90. The molecule has 1 heterocycles. The standard InChI is InChI=1S/C5H3BN2S/c6-1-4-3-8-5(2-7)9-4/h3H,1H2. The van der Waals surface area contributed by atoms with Gasteiger partial charge in [-0.15, -0.1) is 11.3 Å². The molecule has 0 aromatic carbocycles. The molecular formula is C5H3BN2S. The van der Waals surface area contributed by atoms with Crippen LogP contribution in [0.4, 0.5) is 0 Å². The molecule has 2 nitrogen and oxygen atoms in total. The van der Waals surface area contributed by atoms with Crippen LogP contribution in [-0.2, 0) is 6.32 Å². The lowest BCUT2D eigenvalue weighted by Gasteiger charge is -1.77. The summed E-state index contributed by atoms with van der Waals surface area (Å²) < 4.78 is 0. The SMILES string of the molecule is [B]Cc1cnc(C#N)s1. The maximum Gasteiger partial charge on any atom is 0.194 e. The normalized spacial score (nSPS) is 8.78. The van der Waals surface area contributed by atoms with Crippen molar-refractivity contribution < 1.29 is 0 Å². The zero-order valence-corrected chi connectivity index (χ0v) is 5.48. The van der Waals surface area contributed by atoms with E-state index < -0.39 is 0 Å². The molecule has 0 saturated heterocycles. The van der Waals surface area contributed by atoms with Crippen LogP contribution in [-0.4, -0.2) is 12.8 Å². The Kier molecular flexibility index (Phi) is 1.86. The lowest BCUT2D eigenvalue weighted by atomic mass is 10.1. The second kappa shape index (κ2) is 2.65. The molecular weight excluding hydrogens is 131 g/mol. The number of nitrogens with zero attached hydrogens (tertiary/aromatic N) is 2. The van der Waals surface area contributed by atoms with E-state index in [1.165, 1.54) is 11.3 Å². The van der Waals surface area contributed by atoms with Crippen LogP contribution in [0, 0.1) is 11.3 Å². The maximum absolute atomic E-state index is 8.30. The first-order valence-corrected chi connectivity index (χ1v) is 3.23. The molecule has 1 rings (SSSR count). The summed E-state index contributed by atoms with van der Waals surface area (Å²) in [6, 6.07) is 1.93. The van der Waals surface area contributed by atoms with Gasteiger partial charge in [0.05, 0.1) is 7.85 Å². The van der Waals surface area contributed by atoms with Crippen LogP contribution < -0.4 is 0 Å². The van der Waals surface area contributed by atoms with Gasteiger partial charge < -0.3 is 0 Å². The fourth-order valence-corrected chi connectivity index (χ4v) is 1.04. The van der Waals surface area contributed by atoms with E-state index in [-0.39, 0.29) is 0 Å². The van der Waals surface area contributed by atoms with Crippen LogP contribution >= 0.6 is 11.3 Å². The molecule has 0 aliphatic carbocycles. The summed E-state index contributed by atoms with van der Waals surface area (Å²) in [6.45, 7) is 0. The van der Waals surface area contributed by atoms with Crippen LogP contribution in [0.2, 0.25) is 0 Å². The van der Waals surface area contributed by atoms with Gasteiger partial charge in [-0.1, -0.05) is 6.32 Å². The van der Waals surface area contributed by atoms with Gasteiger partial charge in [0.15, 0.2) is 5.01 Å². The molecule has 42 valence electrons. The van der Waals surface area contributed by atoms with Crippen LogP contribution in [0.1, 0.15) is 9.88 Å². The van der Waals surface area contributed by atoms with E-state index in [9.17, 15) is 0 Å². The lowest BCUT2D eigenvalue weighted by Crippen LogP contribution is -1.72. The van der Waals surface area contributed by atoms with Crippen molar-refractivity contribution in [2.75, 3.05) is 0 Å². The molecule has 0 aliphatic rings. The van der Waals surface area contributed by atoms with E-state index in [1.807, 2.05) is 6.07 Å². The number of hydrogen-bond donors (Lipinski definition) is 0. The highest BCUT2D eigenvalue weighted by molar-refractivity contribution is 7.12. The van der Waals surface area contributed by atoms with Crippen LogP contribution in [0.3, 0.4) is 0 Å². The van der Waals surface area contributed by atoms with Gasteiger partial charge in [-0.2, -0.15) is 5.26 Å². The molecule has 0 amide bonds. The molecule has 4 heteroatoms. The van der Waals surface area contributed by atoms with E-state index in [0.29, 0.717) is 11.3 Å². The third-order valence-electron chi connectivity index (χ3n) is 0.850. The predicted octanol–water partition coefficient (Wildman–Crippen LogP) is 0.683. The number of nitriles is 1. The Labute approximate surface area is 58.6 Å². The summed E-state index contributed by atoms with van der Waals surface area (Å²) in [5.74, 6) is 0. The molecule has 1 aromatic heterocycles. The molecule has 0 N–H and O–H groups in total. The van der Waals surface area contributed by atoms with E-state index >= 15 is 0 Å². The van der Waals surface area contributed by atoms with Crippen LogP contribution in [0.25, 0.3) is 0 Å². The smallest absolute Gasteiger partial charge is 0.194 e. The van der Waals surface area contributed by atoms with Gasteiger partial charge in [0, 0.05) is 11.1 Å². The lowest BCUT2D eigenvalue weighted by molar-refractivity contribution is 1.32. The Morgan fingerprint density at radius 1 is 1.89 bits per heavy atom. The highest BCUT2D eigenvalue weighted by Crippen LogP contribution is 2.10. The number of rotatable bonds is 1. The molecule has 9 heavy (non-hydrogen) atoms. The van der Waals surface area contributed by atoms with Gasteiger partial charge in [0.25, 0.3) is 0 Å². The third-order valence-corrected chi connectivity index (χ3v) is 1.77. The Morgan fingerprint density at radius 3 is 3.00 bits per heavy atom. The summed E-state index contributed by atoms with van der Waals surface area (Å²) in [5, 5.41) is 8.79. The van der Waals surface area contributed by atoms with E-state index in [1.54, 1.807) is 6.20 Å². The molecule has 0 unspecified atom stereocenters. The van der Waals surface area contributed by atoms with Crippen molar-refractivity contribution in [2.45, 2.75) is 6.32 Å². The average Bonchev–Trinajstić information content (AvgIpc) is 2.34. The molecule has 0 saturated carbocycles. The van der Waals surface area contributed by atoms with Gasteiger partial charge in [0.2, 0.25) is 0 Å². The second-order valence-corrected chi connectivity index (χ2v) is 2.56. The summed E-state index contributed by atoms with van der Waals surface area (Å²) in [7, 11) is 5.28. The third kappa shape index (κ3) is 1.30. The first kappa shape index (κ1) is 6.31. The zero-order chi connectivity index (χ0) is 6.69. The van der Waals surface area contributed by atoms with E-state index in [0.717, 1.165) is 4.88 Å². The van der Waals surface area contributed by atoms with Crippen molar-refractivity contribution in [3.05, 3.63) is 16.1 Å². The summed E-state index contributed by atoms with van der Waals surface area (Å²) >= 11 is 1.34. The Bertz CT molecular complexity index is 237. The first-order valence-electron chi connectivity index (χ1n) is 2.41. The van der Waals surface area contributed by atoms with E-state index in [2.05, 4.69) is 4.98 Å². The first-order chi connectivity index (χ1) is 4.36. The van der Waals surface area contributed by atoms with Crippen molar-refractivity contribution in [1.29, 1.82) is 5.26 Å². The van der Waals surface area contributed by atoms with Crippen LogP contribution in [0.15, 0.2) is 6.20 Å². The van der Waals surface area contributed by atoms with Crippen molar-refractivity contribution in [3.63, 3.8) is 0 Å². The van der Waals surface area contributed by atoms with E-state index in [4.69, 9.17) is 13.1 Å². The van der Waals surface area contributed by atoms with Crippen LogP contribution in [0.5, 0.6) is 0 Å². The fraction of sp³-hybridized carbons (Fsp3) is 0.200. The van der Waals surface area contributed by atoms with Gasteiger partial charge in [0.1, 0.15) is 6.07 Å².